The Labute approximate surface area is 85.0 Å². The molecular formula is C4H5KO2. The largest absolute Gasteiger partial charge is 1.00 e. The number of carboxylic acids is 1. The quantitative estimate of drug-likeness (QED) is 0.267. The third-order valence-corrected chi connectivity index (χ3v) is 0.303. The Kier molecular flexibility index (Phi) is 10.5. The van der Waals surface area contributed by atoms with E-state index in [0.29, 0.717) is 0 Å². The summed E-state index contributed by atoms with van der Waals surface area (Å²) in [6, 6.07) is 0. The number of carbonyl (C=O) groups is 1. The van der Waals surface area contributed by atoms with Gasteiger partial charge in [0.25, 0.3) is 0 Å². The van der Waals surface area contributed by atoms with Gasteiger partial charge in [-0.2, -0.15) is 0 Å². The minimum Gasteiger partial charge on any atom is -0.545 e. The molecule has 34 valence electrons. The second-order valence-electron chi connectivity index (χ2n) is 0.819. The summed E-state index contributed by atoms with van der Waals surface area (Å²) in [5, 5.41) is 9.40. The molecule has 0 aromatic rings. The van der Waals surface area contributed by atoms with Crippen molar-refractivity contribution in [2.75, 3.05) is 0 Å². The summed E-state index contributed by atoms with van der Waals surface area (Å²) in [5.41, 5.74) is 0. The molecule has 0 aromatic carbocycles. The Morgan fingerprint density at radius 1 is 1.71 bits per heavy atom. The van der Waals surface area contributed by atoms with Crippen LogP contribution < -0.4 is 56.5 Å². The van der Waals surface area contributed by atoms with Crippen molar-refractivity contribution >= 4 is 5.97 Å². The first-order valence-electron chi connectivity index (χ1n) is 1.61. The van der Waals surface area contributed by atoms with E-state index < -0.39 is 5.97 Å². The molecule has 0 saturated carbocycles. The van der Waals surface area contributed by atoms with Crippen LogP contribution in [0.1, 0.15) is 6.92 Å². The zero-order chi connectivity index (χ0) is 4.99. The van der Waals surface area contributed by atoms with Gasteiger partial charge in [0.2, 0.25) is 0 Å². The van der Waals surface area contributed by atoms with Crippen LogP contribution in [0.2, 0.25) is 0 Å². The number of hydrogen-bond donors (Lipinski definition) is 0. The summed E-state index contributed by atoms with van der Waals surface area (Å²) < 4.78 is 0. The zero-order valence-corrected chi connectivity index (χ0v) is 7.59. The topological polar surface area (TPSA) is 40.1 Å². The van der Waals surface area contributed by atoms with Crippen molar-refractivity contribution < 1.29 is 61.3 Å². The number of hydrogen-bond acceptors (Lipinski definition) is 2. The predicted octanol–water partition coefficient (Wildman–Crippen LogP) is -3.68. The molecule has 7 heavy (non-hydrogen) atoms. The second kappa shape index (κ2) is 6.85. The van der Waals surface area contributed by atoms with Crippen molar-refractivity contribution in [1.82, 2.24) is 0 Å². The summed E-state index contributed by atoms with van der Waals surface area (Å²) >= 11 is 0. The van der Waals surface area contributed by atoms with Crippen LogP contribution in [-0.4, -0.2) is 5.97 Å². The van der Waals surface area contributed by atoms with Crippen LogP contribution in [0, 0.1) is 0 Å². The first kappa shape index (κ1) is 10.8. The van der Waals surface area contributed by atoms with E-state index in [1.165, 1.54) is 6.08 Å². The summed E-state index contributed by atoms with van der Waals surface area (Å²) in [6.07, 6.45) is 2.38. The summed E-state index contributed by atoms with van der Waals surface area (Å²) in [7, 11) is 0. The molecule has 0 rings (SSSR count). The van der Waals surface area contributed by atoms with E-state index in [4.69, 9.17) is 0 Å². The molecule has 0 fully saturated rings. The van der Waals surface area contributed by atoms with Gasteiger partial charge in [-0.05, 0) is 13.0 Å². The van der Waals surface area contributed by atoms with E-state index in [1.807, 2.05) is 0 Å². The van der Waals surface area contributed by atoms with Crippen molar-refractivity contribution in [2.45, 2.75) is 6.92 Å². The van der Waals surface area contributed by atoms with Crippen molar-refractivity contribution in [1.29, 1.82) is 0 Å². The average molecular weight is 124 g/mol. The van der Waals surface area contributed by atoms with Crippen molar-refractivity contribution in [2.24, 2.45) is 0 Å². The number of allylic oxidation sites excluding steroid dienone is 1. The van der Waals surface area contributed by atoms with Crippen LogP contribution in [0.15, 0.2) is 12.2 Å². The maximum Gasteiger partial charge on any atom is 1.00 e. The molecule has 3 heteroatoms. The fourth-order valence-corrected chi connectivity index (χ4v) is 0.136. The van der Waals surface area contributed by atoms with Crippen molar-refractivity contribution in [3.8, 4) is 0 Å². The van der Waals surface area contributed by atoms with Gasteiger partial charge in [0.05, 0.1) is 5.97 Å². The molecule has 0 unspecified atom stereocenters. The molecule has 0 aliphatic rings. The molecule has 0 amide bonds. The first-order valence-corrected chi connectivity index (χ1v) is 1.61. The molecule has 0 spiro atoms. The van der Waals surface area contributed by atoms with Crippen molar-refractivity contribution in [3.63, 3.8) is 0 Å². The minimum atomic E-state index is -1.14. The Balaban J connectivity index is 0. The van der Waals surface area contributed by atoms with Gasteiger partial charge in [-0.3, -0.25) is 0 Å². The van der Waals surface area contributed by atoms with Gasteiger partial charge in [-0.1, -0.05) is 6.08 Å². The maximum atomic E-state index is 9.40. The van der Waals surface area contributed by atoms with Gasteiger partial charge in [0.15, 0.2) is 0 Å². The minimum absolute atomic E-state index is 0. The molecule has 2 nitrogen and oxygen atoms in total. The Hall–Kier alpha value is 0.846. The Bertz CT molecular complexity index is 77.8. The van der Waals surface area contributed by atoms with E-state index in [0.717, 1.165) is 6.08 Å². The number of aliphatic carboxylic acids is 1. The summed E-state index contributed by atoms with van der Waals surface area (Å²) in [6.45, 7) is 1.62. The van der Waals surface area contributed by atoms with Crippen LogP contribution >= 0.6 is 0 Å². The number of carboxylic acid groups (broad SMARTS) is 1. The Morgan fingerprint density at radius 3 is 2.14 bits per heavy atom. The van der Waals surface area contributed by atoms with Crippen LogP contribution in [0.25, 0.3) is 0 Å². The van der Waals surface area contributed by atoms with Gasteiger partial charge in [0.1, 0.15) is 0 Å². The number of carbonyl (C=O) groups excluding carboxylic acids is 1. The standard InChI is InChI=1S/C4H6O2.K/c1-2-3-4(5)6;/h2-3H,1H3,(H,5,6);/q;+1/p-1/b3-2-;. The maximum absolute atomic E-state index is 9.40. The average Bonchev–Trinajstić information content (AvgIpc) is 1.35. The molecule has 0 N–H and O–H groups in total. The normalized spacial score (nSPS) is 8.14. The molecule has 0 atom stereocenters. The van der Waals surface area contributed by atoms with Crippen LogP contribution in [0.5, 0.6) is 0 Å². The van der Waals surface area contributed by atoms with E-state index in [1.54, 1.807) is 6.92 Å². The van der Waals surface area contributed by atoms with E-state index >= 15 is 0 Å². The molecule has 0 saturated heterocycles. The molecule has 0 aliphatic carbocycles. The first-order chi connectivity index (χ1) is 2.77. The summed E-state index contributed by atoms with van der Waals surface area (Å²) in [4.78, 5) is 9.40. The molecule has 0 radical (unpaired) electrons. The van der Waals surface area contributed by atoms with Gasteiger partial charge in [-0.25, -0.2) is 0 Å². The fourth-order valence-electron chi connectivity index (χ4n) is 0.136. The smallest absolute Gasteiger partial charge is 0.545 e. The SMILES string of the molecule is C/C=C\C(=O)[O-].[K+]. The van der Waals surface area contributed by atoms with E-state index in [-0.39, 0.29) is 51.4 Å². The van der Waals surface area contributed by atoms with Gasteiger partial charge in [-0.15, -0.1) is 0 Å². The molecule has 0 aliphatic heterocycles. The molecule has 0 heterocycles. The third-order valence-electron chi connectivity index (χ3n) is 0.303. The predicted molar refractivity (Wildman–Crippen MR) is 19.8 cm³/mol. The zero-order valence-electron chi connectivity index (χ0n) is 4.47. The van der Waals surface area contributed by atoms with Crippen LogP contribution in [0.4, 0.5) is 0 Å². The molecule has 0 bridgehead atoms. The van der Waals surface area contributed by atoms with Crippen LogP contribution in [-0.2, 0) is 4.79 Å². The fraction of sp³-hybridized carbons (Fsp3) is 0.250. The van der Waals surface area contributed by atoms with Gasteiger partial charge >= 0.3 is 51.4 Å². The molecular weight excluding hydrogens is 119 g/mol. The number of rotatable bonds is 1. The second-order valence-corrected chi connectivity index (χ2v) is 0.819. The van der Waals surface area contributed by atoms with E-state index in [2.05, 4.69) is 0 Å². The van der Waals surface area contributed by atoms with E-state index in [9.17, 15) is 9.90 Å². The van der Waals surface area contributed by atoms with Gasteiger partial charge < -0.3 is 9.90 Å². The molecule has 0 aromatic heterocycles. The monoisotopic (exact) mass is 124 g/mol. The van der Waals surface area contributed by atoms with Crippen molar-refractivity contribution in [3.05, 3.63) is 12.2 Å². The third kappa shape index (κ3) is 10.9. The van der Waals surface area contributed by atoms with Gasteiger partial charge in [0, 0.05) is 0 Å². The van der Waals surface area contributed by atoms with Crippen LogP contribution in [0.3, 0.4) is 0 Å². The Morgan fingerprint density at radius 2 is 2.14 bits per heavy atom. The summed E-state index contributed by atoms with van der Waals surface area (Å²) in [5.74, 6) is -1.14.